The Bertz CT molecular complexity index is 1010. The van der Waals surface area contributed by atoms with Crippen molar-refractivity contribution < 1.29 is 22.7 Å². The first-order valence-corrected chi connectivity index (χ1v) is 10.1. The Labute approximate surface area is 161 Å². The van der Waals surface area contributed by atoms with E-state index in [1.807, 2.05) is 0 Å². The molecule has 1 aliphatic rings. The molecule has 2 aromatic rings. The predicted octanol–water partition coefficient (Wildman–Crippen LogP) is 2.92. The standard InChI is InChI=1S/C18H17ClN2O5S/c1-26-18(23)14-6-3-2-5-13(14)17(22)20-12-7-8-15(19)16(11-12)21-9-4-10-27(21,24)25/h2-3,5-8,11H,4,9-10H2,1H3,(H,20,22). The highest BCUT2D eigenvalue weighted by molar-refractivity contribution is 7.93. The summed E-state index contributed by atoms with van der Waals surface area (Å²) in [6.45, 7) is 0.338. The van der Waals surface area contributed by atoms with Crippen molar-refractivity contribution in [3.8, 4) is 0 Å². The monoisotopic (exact) mass is 408 g/mol. The van der Waals surface area contributed by atoms with Gasteiger partial charge in [0.25, 0.3) is 5.91 Å². The van der Waals surface area contributed by atoms with Crippen LogP contribution in [-0.4, -0.2) is 39.7 Å². The zero-order valence-electron chi connectivity index (χ0n) is 14.4. The second kappa shape index (κ2) is 7.58. The number of ether oxygens (including phenoxy) is 1. The molecule has 3 rings (SSSR count). The summed E-state index contributed by atoms with van der Waals surface area (Å²) >= 11 is 6.16. The first-order chi connectivity index (χ1) is 12.8. The fraction of sp³-hybridized carbons (Fsp3) is 0.222. The molecule has 0 bridgehead atoms. The highest BCUT2D eigenvalue weighted by atomic mass is 35.5. The minimum atomic E-state index is -3.41. The quantitative estimate of drug-likeness (QED) is 0.785. The smallest absolute Gasteiger partial charge is 0.338 e. The van der Waals surface area contributed by atoms with Gasteiger partial charge in [-0.15, -0.1) is 0 Å². The van der Waals surface area contributed by atoms with Crippen LogP contribution < -0.4 is 9.62 Å². The lowest BCUT2D eigenvalue weighted by Crippen LogP contribution is -2.25. The van der Waals surface area contributed by atoms with E-state index in [4.69, 9.17) is 16.3 Å². The zero-order valence-corrected chi connectivity index (χ0v) is 16.0. The fourth-order valence-electron chi connectivity index (χ4n) is 2.86. The number of amides is 1. The maximum absolute atomic E-state index is 12.6. The Hall–Kier alpha value is -2.58. The number of anilines is 2. The largest absolute Gasteiger partial charge is 0.465 e. The SMILES string of the molecule is COC(=O)c1ccccc1C(=O)Nc1ccc(Cl)c(N2CCCS2(=O)=O)c1. The number of methoxy groups -OCH3 is 1. The number of nitrogens with one attached hydrogen (secondary N) is 1. The molecule has 27 heavy (non-hydrogen) atoms. The molecule has 0 aliphatic carbocycles. The molecule has 1 aliphatic heterocycles. The lowest BCUT2D eigenvalue weighted by Gasteiger charge is -2.19. The second-order valence-corrected chi connectivity index (χ2v) is 8.32. The van der Waals surface area contributed by atoms with Crippen LogP contribution in [0.2, 0.25) is 5.02 Å². The average molecular weight is 409 g/mol. The lowest BCUT2D eigenvalue weighted by atomic mass is 10.1. The third-order valence-corrected chi connectivity index (χ3v) is 6.32. The number of sulfonamides is 1. The van der Waals surface area contributed by atoms with Gasteiger partial charge in [0.05, 0.1) is 34.7 Å². The van der Waals surface area contributed by atoms with Crippen LogP contribution >= 0.6 is 11.6 Å². The van der Waals surface area contributed by atoms with E-state index >= 15 is 0 Å². The Morgan fingerprint density at radius 2 is 1.85 bits per heavy atom. The number of carbonyl (C=O) groups is 2. The summed E-state index contributed by atoms with van der Waals surface area (Å²) in [6, 6.07) is 10.8. The minimum absolute atomic E-state index is 0.0619. The Morgan fingerprint density at radius 1 is 1.15 bits per heavy atom. The number of esters is 1. The van der Waals surface area contributed by atoms with Gasteiger partial charge in [0, 0.05) is 12.2 Å². The van der Waals surface area contributed by atoms with Crippen molar-refractivity contribution in [3.63, 3.8) is 0 Å². The second-order valence-electron chi connectivity index (χ2n) is 5.90. The van der Waals surface area contributed by atoms with Gasteiger partial charge in [-0.1, -0.05) is 23.7 Å². The number of hydrogen-bond acceptors (Lipinski definition) is 5. The molecule has 1 amide bonds. The van der Waals surface area contributed by atoms with E-state index in [9.17, 15) is 18.0 Å². The minimum Gasteiger partial charge on any atom is -0.465 e. The van der Waals surface area contributed by atoms with Gasteiger partial charge in [0.2, 0.25) is 10.0 Å². The Balaban J connectivity index is 1.90. The highest BCUT2D eigenvalue weighted by Crippen LogP contribution is 2.33. The molecule has 2 aromatic carbocycles. The maximum atomic E-state index is 12.6. The van der Waals surface area contributed by atoms with Crippen molar-refractivity contribution in [1.29, 1.82) is 0 Å². The molecule has 0 radical (unpaired) electrons. The van der Waals surface area contributed by atoms with Gasteiger partial charge in [-0.25, -0.2) is 13.2 Å². The van der Waals surface area contributed by atoms with Gasteiger partial charge in [0.15, 0.2) is 0 Å². The van der Waals surface area contributed by atoms with E-state index in [1.54, 1.807) is 18.2 Å². The normalized spacial score (nSPS) is 15.4. The molecule has 0 spiro atoms. The van der Waals surface area contributed by atoms with Crippen LogP contribution in [-0.2, 0) is 14.8 Å². The molecular formula is C18H17ClN2O5S. The molecular weight excluding hydrogens is 392 g/mol. The van der Waals surface area contributed by atoms with Gasteiger partial charge in [-0.2, -0.15) is 0 Å². The number of nitrogens with zero attached hydrogens (tertiary/aromatic N) is 1. The fourth-order valence-corrected chi connectivity index (χ4v) is 4.70. The van der Waals surface area contributed by atoms with Crippen molar-refractivity contribution >= 4 is 44.9 Å². The van der Waals surface area contributed by atoms with Crippen molar-refractivity contribution in [2.24, 2.45) is 0 Å². The molecule has 9 heteroatoms. The first kappa shape index (κ1) is 19.2. The molecule has 7 nitrogen and oxygen atoms in total. The number of hydrogen-bond donors (Lipinski definition) is 1. The van der Waals surface area contributed by atoms with Crippen LogP contribution in [0.5, 0.6) is 0 Å². The summed E-state index contributed by atoms with van der Waals surface area (Å²) < 4.78 is 30.2. The van der Waals surface area contributed by atoms with Gasteiger partial charge >= 0.3 is 5.97 Å². The van der Waals surface area contributed by atoms with Gasteiger partial charge in [-0.05, 0) is 36.8 Å². The van der Waals surface area contributed by atoms with Crippen molar-refractivity contribution in [1.82, 2.24) is 0 Å². The molecule has 0 aromatic heterocycles. The van der Waals surface area contributed by atoms with Crippen LogP contribution in [0.15, 0.2) is 42.5 Å². The summed E-state index contributed by atoms with van der Waals surface area (Å²) in [5, 5.41) is 2.94. The predicted molar refractivity (Wildman–Crippen MR) is 103 cm³/mol. The summed E-state index contributed by atoms with van der Waals surface area (Å²) in [5.41, 5.74) is 0.956. The van der Waals surface area contributed by atoms with Crippen LogP contribution in [0.4, 0.5) is 11.4 Å². The van der Waals surface area contributed by atoms with E-state index in [1.165, 1.54) is 35.7 Å². The summed E-state index contributed by atoms with van der Waals surface area (Å²) in [6.07, 6.45) is 0.516. The molecule has 1 N–H and O–H groups in total. The molecule has 0 unspecified atom stereocenters. The summed E-state index contributed by atoms with van der Waals surface area (Å²) in [4.78, 5) is 24.5. The van der Waals surface area contributed by atoms with E-state index in [0.29, 0.717) is 24.3 Å². The Kier molecular flexibility index (Phi) is 5.38. The Morgan fingerprint density at radius 3 is 2.48 bits per heavy atom. The van der Waals surface area contributed by atoms with Crippen LogP contribution in [0.3, 0.4) is 0 Å². The third kappa shape index (κ3) is 3.91. The summed E-state index contributed by atoms with van der Waals surface area (Å²) in [7, 11) is -2.17. The van der Waals surface area contributed by atoms with Gasteiger partial charge in [-0.3, -0.25) is 9.10 Å². The molecule has 0 saturated carbocycles. The maximum Gasteiger partial charge on any atom is 0.338 e. The van der Waals surface area contributed by atoms with Crippen LogP contribution in [0.25, 0.3) is 0 Å². The topological polar surface area (TPSA) is 92.8 Å². The van der Waals surface area contributed by atoms with Crippen LogP contribution in [0.1, 0.15) is 27.1 Å². The highest BCUT2D eigenvalue weighted by Gasteiger charge is 2.30. The lowest BCUT2D eigenvalue weighted by molar-refractivity contribution is 0.0597. The zero-order chi connectivity index (χ0) is 19.6. The molecule has 1 fully saturated rings. The van der Waals surface area contributed by atoms with E-state index in [-0.39, 0.29) is 21.9 Å². The summed E-state index contributed by atoms with van der Waals surface area (Å²) in [5.74, 6) is -1.08. The number of carbonyl (C=O) groups excluding carboxylic acids is 2. The average Bonchev–Trinajstić information content (AvgIpc) is 3.01. The van der Waals surface area contributed by atoms with E-state index < -0.39 is 21.9 Å². The van der Waals surface area contributed by atoms with Crippen LogP contribution in [0, 0.1) is 0 Å². The molecule has 1 saturated heterocycles. The molecule has 1 heterocycles. The molecule has 0 atom stereocenters. The van der Waals surface area contributed by atoms with Gasteiger partial charge < -0.3 is 10.1 Å². The van der Waals surface area contributed by atoms with Crippen molar-refractivity contribution in [2.75, 3.05) is 29.0 Å². The molecule has 142 valence electrons. The number of halogens is 1. The number of benzene rings is 2. The van der Waals surface area contributed by atoms with Gasteiger partial charge in [0.1, 0.15) is 0 Å². The van der Waals surface area contributed by atoms with Crippen molar-refractivity contribution in [3.05, 3.63) is 58.6 Å². The number of rotatable bonds is 4. The van der Waals surface area contributed by atoms with Crippen molar-refractivity contribution in [2.45, 2.75) is 6.42 Å². The van der Waals surface area contributed by atoms with E-state index in [2.05, 4.69) is 5.32 Å². The van der Waals surface area contributed by atoms with E-state index in [0.717, 1.165) is 0 Å². The first-order valence-electron chi connectivity index (χ1n) is 8.12. The third-order valence-electron chi connectivity index (χ3n) is 4.15.